The van der Waals surface area contributed by atoms with Crippen LogP contribution in [0, 0.1) is 0 Å². The predicted octanol–water partition coefficient (Wildman–Crippen LogP) is 12.7. The summed E-state index contributed by atoms with van der Waals surface area (Å²) in [4.78, 5) is 15.4. The quantitative estimate of drug-likeness (QED) is 0.178. The van der Waals surface area contributed by atoms with Crippen LogP contribution in [0.5, 0.6) is 5.75 Å². The molecule has 0 fully saturated rings. The minimum atomic E-state index is 0.147. The maximum atomic E-state index is 6.73. The Bertz CT molecular complexity index is 3080. The molecule has 1 aliphatic heterocycles. The third-order valence-electron chi connectivity index (χ3n) is 10.6. The predicted molar refractivity (Wildman–Crippen MR) is 222 cm³/mol. The monoisotopic (exact) mass is 705 g/mol. The van der Waals surface area contributed by atoms with Crippen LogP contribution in [-0.2, 0) is 0 Å². The number of furan rings is 1. The van der Waals surface area contributed by atoms with Crippen molar-refractivity contribution in [2.24, 2.45) is 0 Å². The Morgan fingerprint density at radius 2 is 1.22 bits per heavy atom. The first kappa shape index (κ1) is 31.2. The number of aromatic nitrogens is 3. The SMILES string of the molecule is C1=CC2=CC(C=C1)c1ccc(-c3nc(-c4ccccc4)nc(-c4ccccc4-c4cccc5oc6c(-c7ccc8ccccc8c7)cccc6c45)n3)cc1O2. The van der Waals surface area contributed by atoms with Gasteiger partial charge < -0.3 is 9.15 Å². The van der Waals surface area contributed by atoms with E-state index in [1.165, 1.54) is 10.8 Å². The molecule has 5 heteroatoms. The van der Waals surface area contributed by atoms with E-state index in [1.54, 1.807) is 0 Å². The average molecular weight is 706 g/mol. The van der Waals surface area contributed by atoms with Crippen LogP contribution in [0.15, 0.2) is 192 Å². The summed E-state index contributed by atoms with van der Waals surface area (Å²) in [5, 5.41) is 4.52. The zero-order valence-corrected chi connectivity index (χ0v) is 29.6. The first-order valence-corrected chi connectivity index (χ1v) is 18.5. The fourth-order valence-electron chi connectivity index (χ4n) is 7.96. The Morgan fingerprint density at radius 1 is 0.491 bits per heavy atom. The van der Waals surface area contributed by atoms with Gasteiger partial charge in [0.2, 0.25) is 0 Å². The Labute approximate surface area is 317 Å². The van der Waals surface area contributed by atoms with Crippen molar-refractivity contribution in [3.63, 3.8) is 0 Å². The molecule has 0 spiro atoms. The Hall–Kier alpha value is -7.37. The highest BCUT2D eigenvalue weighted by Crippen LogP contribution is 2.44. The summed E-state index contributed by atoms with van der Waals surface area (Å²) < 4.78 is 13.1. The van der Waals surface area contributed by atoms with E-state index in [0.717, 1.165) is 78.0 Å². The fourth-order valence-corrected chi connectivity index (χ4v) is 7.96. The molecule has 1 atom stereocenters. The van der Waals surface area contributed by atoms with Crippen LogP contribution >= 0.6 is 0 Å². The molecule has 7 aromatic carbocycles. The molecule has 0 amide bonds. The van der Waals surface area contributed by atoms with Crippen molar-refractivity contribution in [2.45, 2.75) is 5.92 Å². The molecule has 11 rings (SSSR count). The Morgan fingerprint density at radius 3 is 2.13 bits per heavy atom. The summed E-state index contributed by atoms with van der Waals surface area (Å²) in [6.07, 6.45) is 10.4. The van der Waals surface area contributed by atoms with Crippen molar-refractivity contribution in [1.29, 1.82) is 0 Å². The zero-order chi connectivity index (χ0) is 36.3. The van der Waals surface area contributed by atoms with Gasteiger partial charge in [-0.05, 0) is 57.8 Å². The number of ether oxygens (including phenoxy) is 1. The molecule has 9 aromatic rings. The van der Waals surface area contributed by atoms with Gasteiger partial charge in [-0.3, -0.25) is 0 Å². The van der Waals surface area contributed by atoms with Crippen molar-refractivity contribution >= 4 is 32.7 Å². The summed E-state index contributed by atoms with van der Waals surface area (Å²) in [7, 11) is 0. The molecule has 2 aromatic heterocycles. The van der Waals surface area contributed by atoms with Gasteiger partial charge in [0, 0.05) is 44.5 Å². The van der Waals surface area contributed by atoms with Crippen LogP contribution in [0.3, 0.4) is 0 Å². The molecule has 0 saturated heterocycles. The second kappa shape index (κ2) is 12.6. The lowest BCUT2D eigenvalue weighted by molar-refractivity contribution is 0.425. The molecular weight excluding hydrogens is 675 g/mol. The maximum Gasteiger partial charge on any atom is 0.164 e. The molecule has 1 unspecified atom stereocenters. The van der Waals surface area contributed by atoms with Crippen LogP contribution in [0.4, 0.5) is 0 Å². The number of nitrogens with zero attached hydrogens (tertiary/aromatic N) is 3. The van der Waals surface area contributed by atoms with Crippen LogP contribution in [0.2, 0.25) is 0 Å². The lowest BCUT2D eigenvalue weighted by atomic mass is 9.93. The van der Waals surface area contributed by atoms with Crippen molar-refractivity contribution in [2.75, 3.05) is 0 Å². The van der Waals surface area contributed by atoms with Gasteiger partial charge >= 0.3 is 0 Å². The number of rotatable bonds is 5. The van der Waals surface area contributed by atoms with Gasteiger partial charge in [0.25, 0.3) is 0 Å². The molecule has 258 valence electrons. The summed E-state index contributed by atoms with van der Waals surface area (Å²) in [5.74, 6) is 3.55. The first-order chi connectivity index (χ1) is 27.2. The lowest BCUT2D eigenvalue weighted by Gasteiger charge is -2.21. The fraction of sp³-hybridized carbons (Fsp3) is 0.0200. The molecule has 2 aliphatic rings. The number of benzene rings is 7. The second-order valence-electron chi connectivity index (χ2n) is 13.9. The summed E-state index contributed by atoms with van der Waals surface area (Å²) in [6.45, 7) is 0. The first-order valence-electron chi connectivity index (χ1n) is 18.5. The summed E-state index contributed by atoms with van der Waals surface area (Å²) in [6, 6.07) is 52.4. The van der Waals surface area contributed by atoms with Crippen LogP contribution in [0.1, 0.15) is 11.5 Å². The van der Waals surface area contributed by atoms with Gasteiger partial charge in [0.05, 0.1) is 0 Å². The van der Waals surface area contributed by atoms with Crippen molar-refractivity contribution in [3.05, 3.63) is 193 Å². The van der Waals surface area contributed by atoms with E-state index in [4.69, 9.17) is 24.1 Å². The maximum absolute atomic E-state index is 6.73. The van der Waals surface area contributed by atoms with Crippen LogP contribution in [0.25, 0.3) is 89.1 Å². The van der Waals surface area contributed by atoms with Crippen molar-refractivity contribution in [1.82, 2.24) is 15.0 Å². The molecule has 0 saturated carbocycles. The number of para-hydroxylation sites is 1. The highest BCUT2D eigenvalue weighted by molar-refractivity contribution is 6.16. The number of hydrogen-bond acceptors (Lipinski definition) is 5. The van der Waals surface area contributed by atoms with E-state index in [1.807, 2.05) is 54.6 Å². The van der Waals surface area contributed by atoms with E-state index >= 15 is 0 Å². The third kappa shape index (κ3) is 5.36. The van der Waals surface area contributed by atoms with Gasteiger partial charge in [-0.15, -0.1) is 0 Å². The number of allylic oxidation sites excluding steroid dienone is 5. The van der Waals surface area contributed by atoms with E-state index < -0.39 is 0 Å². The molecule has 5 nitrogen and oxygen atoms in total. The van der Waals surface area contributed by atoms with Gasteiger partial charge in [-0.25, -0.2) is 15.0 Å². The standard InChI is InChI=1S/C50H31N3O2/c1-2-13-32(14-3-1)48-51-49(36-26-27-38-34-16-6-7-17-37(29-34)54-45(38)30-36)53-50(52-48)42-19-9-8-18-40(42)41-21-11-23-44-46(41)43-22-10-20-39(47(43)55-44)35-25-24-31-12-4-5-15-33(31)28-35/h1-30,34H. The van der Waals surface area contributed by atoms with Gasteiger partial charge in [0.15, 0.2) is 17.5 Å². The highest BCUT2D eigenvalue weighted by Gasteiger charge is 2.23. The van der Waals surface area contributed by atoms with E-state index in [0.29, 0.717) is 17.5 Å². The topological polar surface area (TPSA) is 61.0 Å². The molecule has 3 heterocycles. The zero-order valence-electron chi connectivity index (χ0n) is 29.6. The van der Waals surface area contributed by atoms with E-state index in [-0.39, 0.29) is 5.92 Å². The largest absolute Gasteiger partial charge is 0.457 e. The van der Waals surface area contributed by atoms with Gasteiger partial charge in [-0.2, -0.15) is 0 Å². The molecule has 0 N–H and O–H groups in total. The second-order valence-corrected chi connectivity index (χ2v) is 13.9. The van der Waals surface area contributed by atoms with E-state index in [2.05, 4.69) is 127 Å². The number of fused-ring (bicyclic) bond motifs is 7. The Kier molecular flexibility index (Phi) is 7.17. The minimum Gasteiger partial charge on any atom is -0.457 e. The molecule has 0 radical (unpaired) electrons. The van der Waals surface area contributed by atoms with Crippen LogP contribution < -0.4 is 4.74 Å². The number of hydrogen-bond donors (Lipinski definition) is 0. The third-order valence-corrected chi connectivity index (χ3v) is 10.6. The lowest BCUT2D eigenvalue weighted by Crippen LogP contribution is -2.07. The van der Waals surface area contributed by atoms with Crippen LogP contribution in [-0.4, -0.2) is 15.0 Å². The highest BCUT2D eigenvalue weighted by atomic mass is 16.5. The minimum absolute atomic E-state index is 0.147. The van der Waals surface area contributed by atoms with Crippen molar-refractivity contribution < 1.29 is 9.15 Å². The van der Waals surface area contributed by atoms with E-state index in [9.17, 15) is 0 Å². The average Bonchev–Trinajstić information content (AvgIpc) is 3.53. The Balaban J connectivity index is 1.08. The summed E-state index contributed by atoms with van der Waals surface area (Å²) in [5.41, 5.74) is 9.70. The van der Waals surface area contributed by atoms with Gasteiger partial charge in [-0.1, -0.05) is 152 Å². The smallest absolute Gasteiger partial charge is 0.164 e. The molecule has 2 bridgehead atoms. The van der Waals surface area contributed by atoms with Gasteiger partial charge in [0.1, 0.15) is 22.7 Å². The molecular formula is C50H31N3O2. The van der Waals surface area contributed by atoms with Crippen molar-refractivity contribution in [3.8, 4) is 62.2 Å². The molecule has 1 aliphatic carbocycles. The summed E-state index contributed by atoms with van der Waals surface area (Å²) >= 11 is 0. The molecule has 55 heavy (non-hydrogen) atoms. The normalized spacial score (nSPS) is 14.5.